The number of H-pyrrole nitrogens is 1. The van der Waals surface area contributed by atoms with Crippen molar-refractivity contribution in [3.8, 4) is 17.0 Å². The molecule has 0 aliphatic heterocycles. The Labute approximate surface area is 165 Å². The predicted molar refractivity (Wildman–Crippen MR) is 112 cm³/mol. The summed E-state index contributed by atoms with van der Waals surface area (Å²) in [6.07, 6.45) is 2.53. The van der Waals surface area contributed by atoms with Crippen LogP contribution in [-0.4, -0.2) is 33.2 Å². The van der Waals surface area contributed by atoms with E-state index in [-0.39, 0.29) is 11.0 Å². The van der Waals surface area contributed by atoms with Crippen LogP contribution in [0.3, 0.4) is 0 Å². The van der Waals surface area contributed by atoms with Crippen molar-refractivity contribution in [3.63, 3.8) is 0 Å². The molecule has 0 aliphatic rings. The minimum absolute atomic E-state index is 0.148. The molecule has 2 heterocycles. The van der Waals surface area contributed by atoms with E-state index in [1.165, 1.54) is 0 Å². The number of amides is 1. The lowest BCUT2D eigenvalue weighted by Crippen LogP contribution is -2.36. The van der Waals surface area contributed by atoms with Crippen LogP contribution in [0, 0.1) is 5.41 Å². The number of benzene rings is 1. The van der Waals surface area contributed by atoms with Crippen molar-refractivity contribution in [1.29, 1.82) is 0 Å². The van der Waals surface area contributed by atoms with Crippen LogP contribution in [0.5, 0.6) is 5.75 Å². The van der Waals surface area contributed by atoms with Crippen LogP contribution < -0.4 is 15.8 Å². The summed E-state index contributed by atoms with van der Waals surface area (Å²) in [4.78, 5) is 16.5. The quantitative estimate of drug-likeness (QED) is 0.598. The van der Waals surface area contributed by atoms with Crippen LogP contribution in [-0.2, 0) is 0 Å². The average molecular weight is 383 g/mol. The van der Waals surface area contributed by atoms with Gasteiger partial charge in [-0.15, -0.1) is 0 Å². The molecule has 7 heteroatoms. The Kier molecular flexibility index (Phi) is 4.87. The first kappa shape index (κ1) is 19.8. The van der Waals surface area contributed by atoms with Gasteiger partial charge in [-0.2, -0.15) is 0 Å². The average Bonchev–Trinajstić information content (AvgIpc) is 3.13. The maximum Gasteiger partial charge on any atom is 0.254 e. The van der Waals surface area contributed by atoms with E-state index in [4.69, 9.17) is 15.5 Å². The van der Waals surface area contributed by atoms with Gasteiger partial charge in [-0.3, -0.25) is 9.89 Å². The van der Waals surface area contributed by atoms with Crippen molar-refractivity contribution in [3.05, 3.63) is 36.0 Å². The van der Waals surface area contributed by atoms with E-state index in [2.05, 4.69) is 45.0 Å². The van der Waals surface area contributed by atoms with Gasteiger partial charge in [-0.25, -0.2) is 9.50 Å². The number of nitrogens with two attached hydrogens (primary N) is 1. The molecule has 3 rings (SSSR count). The molecule has 28 heavy (non-hydrogen) atoms. The molecule has 0 fully saturated rings. The molecule has 0 saturated heterocycles. The van der Waals surface area contributed by atoms with Gasteiger partial charge in [0.15, 0.2) is 11.5 Å². The lowest BCUT2D eigenvalue weighted by Gasteiger charge is -2.34. The molecule has 2 aromatic heterocycles. The number of primary amides is 1. The van der Waals surface area contributed by atoms with Crippen LogP contribution in [0.4, 0.5) is 5.82 Å². The van der Waals surface area contributed by atoms with Crippen molar-refractivity contribution in [2.75, 3.05) is 12.4 Å². The fourth-order valence-electron chi connectivity index (χ4n) is 3.86. The van der Waals surface area contributed by atoms with Gasteiger partial charge in [0.1, 0.15) is 17.0 Å². The Morgan fingerprint density at radius 3 is 2.39 bits per heavy atom. The summed E-state index contributed by atoms with van der Waals surface area (Å²) in [5, 5.41) is 6.73. The van der Waals surface area contributed by atoms with Crippen LogP contribution in [0.15, 0.2) is 30.5 Å². The Morgan fingerprint density at radius 1 is 1.21 bits per heavy atom. The molecule has 0 atom stereocenters. The van der Waals surface area contributed by atoms with E-state index in [0.29, 0.717) is 11.2 Å². The van der Waals surface area contributed by atoms with E-state index in [9.17, 15) is 4.79 Å². The molecule has 0 spiro atoms. The van der Waals surface area contributed by atoms with Gasteiger partial charge in [-0.05, 0) is 49.9 Å². The van der Waals surface area contributed by atoms with E-state index < -0.39 is 5.91 Å². The van der Waals surface area contributed by atoms with Crippen LogP contribution >= 0.6 is 0 Å². The first-order valence-electron chi connectivity index (χ1n) is 9.33. The number of carbonyl (C=O) groups is 1. The van der Waals surface area contributed by atoms with Gasteiger partial charge in [0.2, 0.25) is 0 Å². The standard InChI is InChI=1S/C21H29N5O2/c1-20(2,3)12-21(4,5)25-19-16(13-7-9-14(28-6)10-8-13)24-18-15(17(22)27)11-23-26(18)19/h7-11,23,25H,12H2,1-6H3,(H2,22,27). The third kappa shape index (κ3) is 3.98. The topological polar surface area (TPSA) is 97.4 Å². The monoisotopic (exact) mass is 383 g/mol. The van der Waals surface area contributed by atoms with Crippen molar-refractivity contribution >= 4 is 17.4 Å². The first-order chi connectivity index (χ1) is 13.0. The normalized spacial score (nSPS) is 12.4. The van der Waals surface area contributed by atoms with Crippen molar-refractivity contribution in [1.82, 2.24) is 14.6 Å². The number of fused-ring (bicyclic) bond motifs is 1. The second-order valence-corrected chi connectivity index (χ2v) is 8.99. The Bertz CT molecular complexity index is 990. The Morgan fingerprint density at radius 2 is 1.86 bits per heavy atom. The number of rotatable bonds is 6. The predicted octanol–water partition coefficient (Wildman–Crippen LogP) is 4.06. The molecule has 7 nitrogen and oxygen atoms in total. The molecule has 4 N–H and O–H groups in total. The zero-order chi connectivity index (χ0) is 20.7. The van der Waals surface area contributed by atoms with Crippen LogP contribution in [0.2, 0.25) is 0 Å². The summed E-state index contributed by atoms with van der Waals surface area (Å²) in [6.45, 7) is 11.0. The maximum absolute atomic E-state index is 11.8. The second-order valence-electron chi connectivity index (χ2n) is 8.99. The first-order valence-corrected chi connectivity index (χ1v) is 9.33. The largest absolute Gasteiger partial charge is 0.497 e. The van der Waals surface area contributed by atoms with Crippen LogP contribution in [0.1, 0.15) is 51.4 Å². The molecule has 0 unspecified atom stereocenters. The highest BCUT2D eigenvalue weighted by molar-refractivity contribution is 5.99. The SMILES string of the molecule is COc1ccc(-c2nc3c(C(N)=O)c[nH]n3c2NC(C)(C)CC(C)(C)C)cc1. The molecule has 1 aromatic carbocycles. The molecule has 0 aliphatic carbocycles. The Hall–Kier alpha value is -2.96. The fraction of sp³-hybridized carbons (Fsp3) is 0.429. The third-order valence-corrected chi connectivity index (χ3v) is 4.51. The maximum atomic E-state index is 11.8. The van der Waals surface area contributed by atoms with Crippen molar-refractivity contribution < 1.29 is 9.53 Å². The third-order valence-electron chi connectivity index (χ3n) is 4.51. The molecular formula is C21H29N5O2. The molecule has 1 amide bonds. The number of anilines is 1. The van der Waals surface area contributed by atoms with Crippen molar-refractivity contribution in [2.24, 2.45) is 11.1 Å². The van der Waals surface area contributed by atoms with E-state index >= 15 is 0 Å². The Balaban J connectivity index is 2.13. The van der Waals surface area contributed by atoms with E-state index in [1.54, 1.807) is 17.8 Å². The van der Waals surface area contributed by atoms with Gasteiger partial charge >= 0.3 is 0 Å². The number of methoxy groups -OCH3 is 1. The molecular weight excluding hydrogens is 354 g/mol. The van der Waals surface area contributed by atoms with Gasteiger partial charge in [0, 0.05) is 17.3 Å². The number of imidazole rings is 1. The number of aromatic nitrogens is 3. The number of hydrogen-bond acceptors (Lipinski definition) is 4. The summed E-state index contributed by atoms with van der Waals surface area (Å²) in [5.41, 5.74) is 8.00. The van der Waals surface area contributed by atoms with Gasteiger partial charge in [0.05, 0.1) is 7.11 Å². The van der Waals surface area contributed by atoms with Crippen LogP contribution in [0.25, 0.3) is 16.9 Å². The lowest BCUT2D eigenvalue weighted by atomic mass is 9.82. The summed E-state index contributed by atoms with van der Waals surface area (Å²) in [6, 6.07) is 7.68. The number of nitrogens with one attached hydrogen (secondary N) is 2. The summed E-state index contributed by atoms with van der Waals surface area (Å²) in [7, 11) is 1.63. The minimum Gasteiger partial charge on any atom is -0.497 e. The zero-order valence-electron chi connectivity index (χ0n) is 17.4. The van der Waals surface area contributed by atoms with Gasteiger partial charge in [-0.1, -0.05) is 20.8 Å². The number of aromatic amines is 1. The number of nitrogens with zero attached hydrogens (tertiary/aromatic N) is 2. The summed E-state index contributed by atoms with van der Waals surface area (Å²) in [5.74, 6) is 1.05. The highest BCUT2D eigenvalue weighted by Crippen LogP contribution is 2.35. The second kappa shape index (κ2) is 6.89. The molecule has 0 saturated carbocycles. The van der Waals surface area contributed by atoms with E-state index in [0.717, 1.165) is 29.2 Å². The number of carbonyl (C=O) groups excluding carboxylic acids is 1. The number of ether oxygens (including phenoxy) is 1. The highest BCUT2D eigenvalue weighted by atomic mass is 16.5. The smallest absolute Gasteiger partial charge is 0.254 e. The summed E-state index contributed by atoms with van der Waals surface area (Å²) >= 11 is 0. The highest BCUT2D eigenvalue weighted by Gasteiger charge is 2.29. The fourth-order valence-corrected chi connectivity index (χ4v) is 3.86. The van der Waals surface area contributed by atoms with E-state index in [1.807, 2.05) is 24.3 Å². The minimum atomic E-state index is -0.516. The molecule has 150 valence electrons. The molecule has 0 radical (unpaired) electrons. The molecule has 0 bridgehead atoms. The zero-order valence-corrected chi connectivity index (χ0v) is 17.4. The number of hydrogen-bond donors (Lipinski definition) is 3. The summed E-state index contributed by atoms with van der Waals surface area (Å²) < 4.78 is 7.04. The van der Waals surface area contributed by atoms with Gasteiger partial charge < -0.3 is 15.8 Å². The molecule has 3 aromatic rings. The lowest BCUT2D eigenvalue weighted by molar-refractivity contribution is 0.100. The van der Waals surface area contributed by atoms with Gasteiger partial charge in [0.25, 0.3) is 5.91 Å². The van der Waals surface area contributed by atoms with Crippen molar-refractivity contribution in [2.45, 2.75) is 46.6 Å².